The first-order valence-electron chi connectivity index (χ1n) is 10.5. The number of nitrogens with zero attached hydrogens (tertiary/aromatic N) is 3. The highest BCUT2D eigenvalue weighted by molar-refractivity contribution is 5.95. The quantitative estimate of drug-likeness (QED) is 0.404. The number of amides is 2. The van der Waals surface area contributed by atoms with E-state index in [2.05, 4.69) is 24.4 Å². The summed E-state index contributed by atoms with van der Waals surface area (Å²) in [5, 5.41) is 14.8. The van der Waals surface area contributed by atoms with E-state index in [1.807, 2.05) is 4.90 Å². The standard InChI is InChI=1S/C23H26N4O5/c1-16-6-5-7-17(2)26(16)22(28)15-32-20-12-10-18(11-13-20)23(29)25-24-14-19-8-3-4-9-21(19)27(30)31/h3-4,8-14,16-17H,5-7,15H2,1-2H3,(H,25,29). The Morgan fingerprint density at radius 1 is 1.16 bits per heavy atom. The molecule has 2 aromatic carbocycles. The van der Waals surface area contributed by atoms with Crippen LogP contribution in [0.25, 0.3) is 0 Å². The van der Waals surface area contributed by atoms with Crippen LogP contribution in [0.1, 0.15) is 49.0 Å². The molecule has 2 amide bonds. The monoisotopic (exact) mass is 438 g/mol. The first-order chi connectivity index (χ1) is 15.4. The van der Waals surface area contributed by atoms with Crippen LogP contribution in [0.2, 0.25) is 0 Å². The lowest BCUT2D eigenvalue weighted by Gasteiger charge is -2.38. The molecule has 0 saturated carbocycles. The fourth-order valence-corrected chi connectivity index (χ4v) is 3.82. The van der Waals surface area contributed by atoms with Crippen LogP contribution in [0.15, 0.2) is 53.6 Å². The van der Waals surface area contributed by atoms with Gasteiger partial charge < -0.3 is 9.64 Å². The predicted octanol–water partition coefficient (Wildman–Crippen LogP) is 3.53. The molecule has 2 atom stereocenters. The molecule has 1 heterocycles. The molecular formula is C23H26N4O5. The van der Waals surface area contributed by atoms with E-state index in [1.165, 1.54) is 18.3 Å². The smallest absolute Gasteiger partial charge is 0.278 e. The molecule has 1 saturated heterocycles. The molecule has 2 aromatic rings. The number of benzene rings is 2. The normalized spacial score (nSPS) is 18.4. The van der Waals surface area contributed by atoms with Gasteiger partial charge in [0.15, 0.2) is 6.61 Å². The Bertz CT molecular complexity index is 996. The molecule has 0 radical (unpaired) electrons. The van der Waals surface area contributed by atoms with Crippen molar-refractivity contribution in [2.24, 2.45) is 5.10 Å². The maximum Gasteiger partial charge on any atom is 0.278 e. The molecule has 0 aromatic heterocycles. The molecule has 0 bridgehead atoms. The number of hydrogen-bond donors (Lipinski definition) is 1. The van der Waals surface area contributed by atoms with Crippen molar-refractivity contribution < 1.29 is 19.2 Å². The van der Waals surface area contributed by atoms with Gasteiger partial charge in [0.2, 0.25) is 0 Å². The van der Waals surface area contributed by atoms with Crippen molar-refractivity contribution in [3.8, 4) is 5.75 Å². The van der Waals surface area contributed by atoms with Gasteiger partial charge in [0.05, 0.1) is 16.7 Å². The first kappa shape index (κ1) is 22.9. The Balaban J connectivity index is 1.53. The van der Waals surface area contributed by atoms with Crippen LogP contribution < -0.4 is 10.2 Å². The first-order valence-corrected chi connectivity index (χ1v) is 10.5. The second kappa shape index (κ2) is 10.5. The fraction of sp³-hybridized carbons (Fsp3) is 0.348. The van der Waals surface area contributed by atoms with Gasteiger partial charge in [-0.2, -0.15) is 5.10 Å². The van der Waals surface area contributed by atoms with Gasteiger partial charge in [0, 0.05) is 23.7 Å². The van der Waals surface area contributed by atoms with E-state index < -0.39 is 10.8 Å². The molecule has 0 aliphatic carbocycles. The van der Waals surface area contributed by atoms with Crippen molar-refractivity contribution in [2.45, 2.75) is 45.2 Å². The van der Waals surface area contributed by atoms with Gasteiger partial charge >= 0.3 is 0 Å². The maximum absolute atomic E-state index is 12.5. The zero-order valence-electron chi connectivity index (χ0n) is 18.1. The lowest BCUT2D eigenvalue weighted by molar-refractivity contribution is -0.385. The van der Waals surface area contributed by atoms with Crippen LogP contribution in [0.4, 0.5) is 5.69 Å². The molecule has 9 nitrogen and oxygen atoms in total. The summed E-state index contributed by atoms with van der Waals surface area (Å²) in [7, 11) is 0. The van der Waals surface area contributed by atoms with E-state index in [4.69, 9.17) is 4.74 Å². The number of nitro groups is 1. The average molecular weight is 438 g/mol. The number of piperidine rings is 1. The second-order valence-electron chi connectivity index (χ2n) is 7.76. The SMILES string of the molecule is CC1CCCC(C)N1C(=O)COc1ccc(C(=O)NN=Cc2ccccc2[N+](=O)[O-])cc1. The highest BCUT2D eigenvalue weighted by Crippen LogP contribution is 2.23. The summed E-state index contributed by atoms with van der Waals surface area (Å²) >= 11 is 0. The summed E-state index contributed by atoms with van der Waals surface area (Å²) < 4.78 is 5.61. The van der Waals surface area contributed by atoms with Crippen molar-refractivity contribution in [1.29, 1.82) is 0 Å². The number of carbonyl (C=O) groups excluding carboxylic acids is 2. The minimum absolute atomic E-state index is 0.0455. The zero-order valence-corrected chi connectivity index (χ0v) is 18.1. The number of likely N-dealkylation sites (tertiary alicyclic amines) is 1. The van der Waals surface area contributed by atoms with E-state index >= 15 is 0 Å². The van der Waals surface area contributed by atoms with E-state index in [0.29, 0.717) is 11.3 Å². The van der Waals surface area contributed by atoms with Crippen LogP contribution in [-0.4, -0.2) is 46.5 Å². The van der Waals surface area contributed by atoms with Gasteiger partial charge in [-0.3, -0.25) is 19.7 Å². The highest BCUT2D eigenvalue weighted by Gasteiger charge is 2.28. The van der Waals surface area contributed by atoms with Gasteiger partial charge in [-0.1, -0.05) is 12.1 Å². The predicted molar refractivity (Wildman–Crippen MR) is 120 cm³/mol. The lowest BCUT2D eigenvalue weighted by Crippen LogP contribution is -2.49. The molecule has 2 unspecified atom stereocenters. The van der Waals surface area contributed by atoms with E-state index in [-0.39, 0.29) is 35.8 Å². The summed E-state index contributed by atoms with van der Waals surface area (Å²) in [6.45, 7) is 4.05. The largest absolute Gasteiger partial charge is 0.484 e. The van der Waals surface area contributed by atoms with Gasteiger partial charge in [-0.05, 0) is 63.4 Å². The van der Waals surface area contributed by atoms with Crippen LogP contribution in [0, 0.1) is 10.1 Å². The fourth-order valence-electron chi connectivity index (χ4n) is 3.82. The third-order valence-electron chi connectivity index (χ3n) is 5.46. The summed E-state index contributed by atoms with van der Waals surface area (Å²) in [6.07, 6.45) is 4.35. The molecule has 3 rings (SSSR count). The summed E-state index contributed by atoms with van der Waals surface area (Å²) in [5.74, 6) is -0.0371. The lowest BCUT2D eigenvalue weighted by atomic mass is 9.97. The molecular weight excluding hydrogens is 412 g/mol. The van der Waals surface area contributed by atoms with E-state index in [1.54, 1.807) is 36.4 Å². The van der Waals surface area contributed by atoms with Crippen LogP contribution in [0.5, 0.6) is 5.75 Å². The van der Waals surface area contributed by atoms with E-state index in [0.717, 1.165) is 19.3 Å². The third-order valence-corrected chi connectivity index (χ3v) is 5.46. The van der Waals surface area contributed by atoms with Gasteiger partial charge in [0.1, 0.15) is 5.75 Å². The van der Waals surface area contributed by atoms with Crippen molar-refractivity contribution in [3.05, 3.63) is 69.8 Å². The number of ether oxygens (including phenoxy) is 1. The topological polar surface area (TPSA) is 114 Å². The zero-order chi connectivity index (χ0) is 23.1. The Labute approximate surface area is 186 Å². The second-order valence-corrected chi connectivity index (χ2v) is 7.76. The summed E-state index contributed by atoms with van der Waals surface area (Å²) in [5.41, 5.74) is 2.86. The molecule has 1 N–H and O–H groups in total. The average Bonchev–Trinajstić information content (AvgIpc) is 2.78. The Hall–Kier alpha value is -3.75. The molecule has 168 valence electrons. The molecule has 32 heavy (non-hydrogen) atoms. The van der Waals surface area contributed by atoms with Gasteiger partial charge in [-0.15, -0.1) is 0 Å². The summed E-state index contributed by atoms with van der Waals surface area (Å²) in [4.78, 5) is 37.2. The molecule has 1 aliphatic heterocycles. The minimum atomic E-state index is -0.515. The van der Waals surface area contributed by atoms with Crippen molar-refractivity contribution in [3.63, 3.8) is 0 Å². The third kappa shape index (κ3) is 5.69. The number of nitrogens with one attached hydrogen (secondary N) is 1. The molecule has 1 aliphatic rings. The Morgan fingerprint density at radius 2 is 1.81 bits per heavy atom. The Kier molecular flexibility index (Phi) is 7.54. The minimum Gasteiger partial charge on any atom is -0.484 e. The number of hydrazone groups is 1. The number of rotatable bonds is 7. The number of carbonyl (C=O) groups is 2. The number of hydrogen-bond acceptors (Lipinski definition) is 6. The number of para-hydroxylation sites is 1. The molecule has 1 fully saturated rings. The van der Waals surface area contributed by atoms with Crippen molar-refractivity contribution >= 4 is 23.7 Å². The Morgan fingerprint density at radius 3 is 2.47 bits per heavy atom. The van der Waals surface area contributed by atoms with E-state index in [9.17, 15) is 19.7 Å². The van der Waals surface area contributed by atoms with Crippen LogP contribution in [0.3, 0.4) is 0 Å². The van der Waals surface area contributed by atoms with Crippen LogP contribution in [-0.2, 0) is 4.79 Å². The van der Waals surface area contributed by atoms with Gasteiger partial charge in [0.25, 0.3) is 17.5 Å². The van der Waals surface area contributed by atoms with Crippen molar-refractivity contribution in [1.82, 2.24) is 10.3 Å². The highest BCUT2D eigenvalue weighted by atomic mass is 16.6. The number of nitro benzene ring substituents is 1. The van der Waals surface area contributed by atoms with Crippen LogP contribution >= 0.6 is 0 Å². The molecule has 9 heteroatoms. The van der Waals surface area contributed by atoms with Gasteiger partial charge in [-0.25, -0.2) is 5.43 Å². The van der Waals surface area contributed by atoms with Crippen molar-refractivity contribution in [2.75, 3.05) is 6.61 Å². The molecule has 0 spiro atoms. The summed E-state index contributed by atoms with van der Waals surface area (Å²) in [6, 6.07) is 12.8. The maximum atomic E-state index is 12.5.